The van der Waals surface area contributed by atoms with E-state index in [-0.39, 0.29) is 5.91 Å². The summed E-state index contributed by atoms with van der Waals surface area (Å²) in [5.74, 6) is 0.740. The molecule has 0 N–H and O–H groups in total. The molecule has 4 aromatic rings. The second-order valence-electron chi connectivity index (χ2n) is 8.05. The zero-order chi connectivity index (χ0) is 23.2. The Labute approximate surface area is 195 Å². The van der Waals surface area contributed by atoms with Gasteiger partial charge in [0.2, 0.25) is 0 Å². The molecule has 0 saturated carbocycles. The van der Waals surface area contributed by atoms with E-state index in [0.29, 0.717) is 17.8 Å². The molecule has 5 nitrogen and oxygen atoms in total. The summed E-state index contributed by atoms with van der Waals surface area (Å²) >= 11 is 0. The summed E-state index contributed by atoms with van der Waals surface area (Å²) in [6, 6.07) is 27.8. The van der Waals surface area contributed by atoms with Gasteiger partial charge >= 0.3 is 0 Å². The van der Waals surface area contributed by atoms with E-state index in [0.717, 1.165) is 41.1 Å². The van der Waals surface area contributed by atoms with Gasteiger partial charge in [-0.1, -0.05) is 74.0 Å². The van der Waals surface area contributed by atoms with Crippen LogP contribution in [-0.2, 0) is 13.0 Å². The average Bonchev–Trinajstić information content (AvgIpc) is 3.24. The zero-order valence-corrected chi connectivity index (χ0v) is 19.4. The van der Waals surface area contributed by atoms with E-state index in [9.17, 15) is 4.79 Å². The van der Waals surface area contributed by atoms with E-state index in [4.69, 9.17) is 9.84 Å². The molecular formula is C28H29N3O2. The highest BCUT2D eigenvalue weighted by molar-refractivity contribution is 6.01. The Hall–Kier alpha value is -3.86. The van der Waals surface area contributed by atoms with E-state index >= 15 is 0 Å². The van der Waals surface area contributed by atoms with Crippen LogP contribution < -0.4 is 4.74 Å². The van der Waals surface area contributed by atoms with Crippen LogP contribution in [-0.4, -0.2) is 34.7 Å². The molecule has 0 saturated heterocycles. The van der Waals surface area contributed by atoms with Gasteiger partial charge < -0.3 is 9.64 Å². The predicted octanol–water partition coefficient (Wildman–Crippen LogP) is 5.77. The lowest BCUT2D eigenvalue weighted by Gasteiger charge is -2.19. The molecule has 33 heavy (non-hydrogen) atoms. The molecule has 0 bridgehead atoms. The number of rotatable bonds is 8. The summed E-state index contributed by atoms with van der Waals surface area (Å²) in [5.41, 5.74) is 5.21. The van der Waals surface area contributed by atoms with Crippen LogP contribution in [0, 0.1) is 0 Å². The largest absolute Gasteiger partial charge is 0.497 e. The van der Waals surface area contributed by atoms with Crippen molar-refractivity contribution in [3.8, 4) is 22.7 Å². The fraction of sp³-hybridized carbons (Fsp3) is 0.214. The van der Waals surface area contributed by atoms with Gasteiger partial charge in [-0.15, -0.1) is 0 Å². The van der Waals surface area contributed by atoms with Crippen molar-refractivity contribution < 1.29 is 9.53 Å². The molecule has 0 fully saturated rings. The number of hydrogen-bond donors (Lipinski definition) is 0. The molecule has 0 atom stereocenters. The van der Waals surface area contributed by atoms with Crippen molar-refractivity contribution in [3.05, 3.63) is 102 Å². The summed E-state index contributed by atoms with van der Waals surface area (Å²) in [5, 5.41) is 4.96. The fourth-order valence-corrected chi connectivity index (χ4v) is 4.03. The Morgan fingerprint density at radius 1 is 0.970 bits per heavy atom. The van der Waals surface area contributed by atoms with E-state index < -0.39 is 0 Å². The van der Waals surface area contributed by atoms with Crippen molar-refractivity contribution in [2.24, 2.45) is 0 Å². The number of aromatic nitrogens is 2. The summed E-state index contributed by atoms with van der Waals surface area (Å²) in [4.78, 5) is 15.6. The number of methoxy groups -OCH3 is 1. The van der Waals surface area contributed by atoms with Gasteiger partial charge in [-0.2, -0.15) is 5.10 Å². The minimum absolute atomic E-state index is 0.0395. The molecule has 0 unspecified atom stereocenters. The molecule has 0 spiro atoms. The number of amides is 1. The summed E-state index contributed by atoms with van der Waals surface area (Å²) < 4.78 is 7.27. The van der Waals surface area contributed by atoms with Crippen molar-refractivity contribution in [2.75, 3.05) is 14.2 Å². The van der Waals surface area contributed by atoms with Crippen molar-refractivity contribution in [1.82, 2.24) is 14.7 Å². The maximum absolute atomic E-state index is 13.9. The number of hydrogen-bond acceptors (Lipinski definition) is 3. The minimum atomic E-state index is -0.0395. The number of carbonyl (C=O) groups is 1. The number of benzene rings is 3. The van der Waals surface area contributed by atoms with Gasteiger partial charge in [-0.25, -0.2) is 4.68 Å². The van der Waals surface area contributed by atoms with E-state index in [2.05, 4.69) is 6.92 Å². The standard InChI is InChI=1S/C28H29N3O2/c1-4-12-25-26(28(32)30(2)20-21-13-11-18-24(19-21)33-3)27(22-14-7-5-8-15-22)29-31(25)23-16-9-6-10-17-23/h5-11,13-19H,4,12,20H2,1-3H3. The number of nitrogens with zero attached hydrogens (tertiary/aromatic N) is 3. The van der Waals surface area contributed by atoms with E-state index in [1.807, 2.05) is 96.7 Å². The summed E-state index contributed by atoms with van der Waals surface area (Å²) in [6.45, 7) is 2.60. The first kappa shape index (κ1) is 22.3. The lowest BCUT2D eigenvalue weighted by molar-refractivity contribution is 0.0784. The average molecular weight is 440 g/mol. The third kappa shape index (κ3) is 4.82. The molecular weight excluding hydrogens is 410 g/mol. The van der Waals surface area contributed by atoms with Gasteiger partial charge in [0.1, 0.15) is 11.4 Å². The van der Waals surface area contributed by atoms with Crippen LogP contribution in [0.1, 0.15) is 35.0 Å². The molecule has 3 aromatic carbocycles. The van der Waals surface area contributed by atoms with Crippen LogP contribution in [0.2, 0.25) is 0 Å². The number of para-hydroxylation sites is 1. The van der Waals surface area contributed by atoms with E-state index in [1.165, 1.54) is 0 Å². The van der Waals surface area contributed by atoms with Crippen molar-refractivity contribution in [3.63, 3.8) is 0 Å². The Balaban J connectivity index is 1.80. The van der Waals surface area contributed by atoms with Crippen LogP contribution in [0.4, 0.5) is 0 Å². The van der Waals surface area contributed by atoms with Crippen LogP contribution >= 0.6 is 0 Å². The Kier molecular flexibility index (Phi) is 6.89. The number of ether oxygens (including phenoxy) is 1. The highest BCUT2D eigenvalue weighted by Gasteiger charge is 2.27. The molecule has 0 aliphatic carbocycles. The summed E-state index contributed by atoms with van der Waals surface area (Å²) in [6.07, 6.45) is 1.66. The normalized spacial score (nSPS) is 10.8. The smallest absolute Gasteiger partial charge is 0.258 e. The highest BCUT2D eigenvalue weighted by atomic mass is 16.5. The molecule has 1 heterocycles. The van der Waals surface area contributed by atoms with Gasteiger partial charge in [0.05, 0.1) is 24.1 Å². The molecule has 1 amide bonds. The lowest BCUT2D eigenvalue weighted by atomic mass is 10.0. The van der Waals surface area contributed by atoms with Gasteiger partial charge in [0, 0.05) is 19.2 Å². The van der Waals surface area contributed by atoms with Crippen LogP contribution in [0.3, 0.4) is 0 Å². The van der Waals surface area contributed by atoms with Gasteiger partial charge in [-0.3, -0.25) is 4.79 Å². The topological polar surface area (TPSA) is 47.4 Å². The minimum Gasteiger partial charge on any atom is -0.497 e. The molecule has 1 aromatic heterocycles. The van der Waals surface area contributed by atoms with Crippen molar-refractivity contribution >= 4 is 5.91 Å². The molecule has 0 aliphatic rings. The molecule has 4 rings (SSSR count). The maximum Gasteiger partial charge on any atom is 0.258 e. The van der Waals surface area contributed by atoms with Gasteiger partial charge in [0.15, 0.2) is 0 Å². The van der Waals surface area contributed by atoms with Crippen LogP contribution in [0.5, 0.6) is 5.75 Å². The monoisotopic (exact) mass is 439 g/mol. The second kappa shape index (κ2) is 10.2. The quantitative estimate of drug-likeness (QED) is 0.350. The van der Waals surface area contributed by atoms with Crippen molar-refractivity contribution in [1.29, 1.82) is 0 Å². The van der Waals surface area contributed by atoms with Gasteiger partial charge in [0.25, 0.3) is 5.91 Å². The Bertz CT molecular complexity index is 1220. The first-order valence-corrected chi connectivity index (χ1v) is 11.2. The third-order valence-corrected chi connectivity index (χ3v) is 5.63. The molecule has 5 heteroatoms. The summed E-state index contributed by atoms with van der Waals surface area (Å²) in [7, 11) is 3.49. The molecule has 0 radical (unpaired) electrons. The molecule has 168 valence electrons. The molecule has 0 aliphatic heterocycles. The lowest BCUT2D eigenvalue weighted by Crippen LogP contribution is -2.27. The first-order valence-electron chi connectivity index (χ1n) is 11.2. The zero-order valence-electron chi connectivity index (χ0n) is 19.4. The van der Waals surface area contributed by atoms with Crippen LogP contribution in [0.25, 0.3) is 16.9 Å². The SMILES string of the molecule is CCCc1c(C(=O)N(C)Cc2cccc(OC)c2)c(-c2ccccc2)nn1-c1ccccc1. The van der Waals surface area contributed by atoms with Crippen LogP contribution in [0.15, 0.2) is 84.9 Å². The number of carbonyl (C=O) groups excluding carboxylic acids is 1. The predicted molar refractivity (Wildman–Crippen MR) is 132 cm³/mol. The van der Waals surface area contributed by atoms with Gasteiger partial charge in [-0.05, 0) is 36.2 Å². The third-order valence-electron chi connectivity index (χ3n) is 5.63. The van der Waals surface area contributed by atoms with E-state index in [1.54, 1.807) is 12.0 Å². The second-order valence-corrected chi connectivity index (χ2v) is 8.05. The highest BCUT2D eigenvalue weighted by Crippen LogP contribution is 2.30. The Morgan fingerprint density at radius 3 is 2.33 bits per heavy atom. The Morgan fingerprint density at radius 2 is 1.67 bits per heavy atom. The maximum atomic E-state index is 13.9. The van der Waals surface area contributed by atoms with Crippen molar-refractivity contribution in [2.45, 2.75) is 26.3 Å². The fourth-order valence-electron chi connectivity index (χ4n) is 4.03. The first-order chi connectivity index (χ1) is 16.1.